The Morgan fingerprint density at radius 3 is 1.53 bits per heavy atom. The largest absolute Gasteiger partial charge is 0.472 e. The predicted octanol–water partition coefficient (Wildman–Crippen LogP) is 12.7. The van der Waals surface area contributed by atoms with Crippen molar-refractivity contribution >= 4 is 13.7 Å². The quantitative estimate of drug-likeness (QED) is 0.0276. The number of carbonyl (C=O) groups is 1. The second kappa shape index (κ2) is 43.5. The van der Waals surface area contributed by atoms with Crippen LogP contribution in [0.3, 0.4) is 0 Å². The predicted molar refractivity (Wildman–Crippen MR) is 248 cm³/mol. The number of amides is 1. The van der Waals surface area contributed by atoms with Crippen molar-refractivity contribution in [2.75, 3.05) is 19.8 Å². The number of phosphoric ester groups is 1. The van der Waals surface area contributed by atoms with E-state index in [1.165, 1.54) is 38.5 Å². The molecule has 0 saturated carbocycles. The van der Waals surface area contributed by atoms with E-state index in [0.29, 0.717) is 12.8 Å². The Balaban J connectivity index is 4.43. The molecule has 8 nitrogen and oxygen atoms in total. The van der Waals surface area contributed by atoms with Gasteiger partial charge in [0.15, 0.2) is 0 Å². The van der Waals surface area contributed by atoms with E-state index in [0.717, 1.165) is 77.0 Å². The molecule has 0 aromatic rings. The van der Waals surface area contributed by atoms with Crippen LogP contribution in [0.2, 0.25) is 0 Å². The number of hydrogen-bond acceptors (Lipinski definition) is 6. The van der Waals surface area contributed by atoms with Gasteiger partial charge in [0.2, 0.25) is 5.91 Å². The first-order valence-corrected chi connectivity index (χ1v) is 23.7. The molecule has 58 heavy (non-hydrogen) atoms. The molecule has 0 aromatic heterocycles. The first-order chi connectivity index (χ1) is 28.4. The molecule has 0 heterocycles. The van der Waals surface area contributed by atoms with Crippen LogP contribution >= 0.6 is 7.82 Å². The molecule has 328 valence electrons. The van der Waals surface area contributed by atoms with Crippen molar-refractivity contribution in [1.82, 2.24) is 5.32 Å². The number of nitrogens with one attached hydrogen (secondary N) is 1. The molecule has 0 saturated heterocycles. The van der Waals surface area contributed by atoms with Crippen LogP contribution in [-0.2, 0) is 18.4 Å². The Hall–Kier alpha value is -3.10. The van der Waals surface area contributed by atoms with E-state index in [4.69, 9.17) is 14.8 Å². The lowest BCUT2D eigenvalue weighted by Gasteiger charge is -2.23. The van der Waals surface area contributed by atoms with Crippen molar-refractivity contribution in [2.45, 2.75) is 161 Å². The van der Waals surface area contributed by atoms with E-state index in [1.807, 2.05) is 6.08 Å². The highest BCUT2D eigenvalue weighted by Gasteiger charge is 2.26. The number of allylic oxidation sites excluding steroid dienone is 19. The second-order valence-electron chi connectivity index (χ2n) is 14.1. The standard InChI is InChI=1S/C49H81N2O6P/c1-3-5-7-9-11-13-15-17-19-21-22-23-24-25-26-27-29-31-33-35-37-39-41-43-49(53)51-47(46-57-58(54,55)56-45-44-50)48(52)42-40-38-36-34-32-30-28-20-18-16-14-12-10-8-6-4-2/h5,7,11,13,17-20,22-23,25-26,29,31-32,34-35,37,40,42,47-48,52H,3-4,6,8-10,12,14-16,21,24,27-28,30,33,36,38-39,41,43-46,50H2,1-2H3,(H,51,53)(H,54,55)/b7-5-,13-11-,19-17-,20-18+,23-22-,26-25-,31-29-,34-32+,37-35-,42-40+. The molecule has 0 aliphatic rings. The summed E-state index contributed by atoms with van der Waals surface area (Å²) < 4.78 is 22.1. The van der Waals surface area contributed by atoms with Gasteiger partial charge in [0.05, 0.1) is 25.4 Å². The molecule has 0 aliphatic heterocycles. The van der Waals surface area contributed by atoms with Gasteiger partial charge in [0.1, 0.15) is 0 Å². The monoisotopic (exact) mass is 825 g/mol. The van der Waals surface area contributed by atoms with Crippen LogP contribution in [0, 0.1) is 0 Å². The summed E-state index contributed by atoms with van der Waals surface area (Å²) in [5.74, 6) is -0.272. The molecule has 0 radical (unpaired) electrons. The van der Waals surface area contributed by atoms with E-state index >= 15 is 0 Å². The van der Waals surface area contributed by atoms with Gasteiger partial charge >= 0.3 is 7.82 Å². The van der Waals surface area contributed by atoms with Crippen LogP contribution in [0.5, 0.6) is 0 Å². The molecule has 1 amide bonds. The third-order valence-electron chi connectivity index (χ3n) is 8.75. The maximum Gasteiger partial charge on any atom is 0.472 e. The molecular formula is C49H81N2O6P. The van der Waals surface area contributed by atoms with Gasteiger partial charge in [-0.25, -0.2) is 4.57 Å². The number of unbranched alkanes of at least 4 members (excludes halogenated alkanes) is 9. The van der Waals surface area contributed by atoms with E-state index in [1.54, 1.807) is 6.08 Å². The zero-order valence-corrected chi connectivity index (χ0v) is 37.1. The summed E-state index contributed by atoms with van der Waals surface area (Å²) in [6, 6.07) is -0.923. The van der Waals surface area contributed by atoms with E-state index < -0.39 is 26.6 Å². The Morgan fingerprint density at radius 1 is 0.586 bits per heavy atom. The lowest BCUT2D eigenvalue weighted by atomic mass is 10.1. The Labute approximate surface area is 354 Å². The average Bonchev–Trinajstić information content (AvgIpc) is 3.21. The maximum atomic E-state index is 12.7. The van der Waals surface area contributed by atoms with Crippen LogP contribution in [0.15, 0.2) is 122 Å². The molecule has 9 heteroatoms. The molecule has 0 fully saturated rings. The summed E-state index contributed by atoms with van der Waals surface area (Å²) in [5, 5.41) is 13.6. The van der Waals surface area contributed by atoms with E-state index in [2.05, 4.69) is 129 Å². The zero-order chi connectivity index (χ0) is 42.5. The molecule has 5 N–H and O–H groups in total. The summed E-state index contributed by atoms with van der Waals surface area (Å²) in [6.45, 7) is 3.90. The maximum absolute atomic E-state index is 12.7. The normalized spacial score (nSPS) is 15.2. The van der Waals surface area contributed by atoms with Crippen LogP contribution in [0.4, 0.5) is 0 Å². The third-order valence-corrected chi connectivity index (χ3v) is 9.73. The number of hydrogen-bond donors (Lipinski definition) is 4. The lowest BCUT2D eigenvalue weighted by Crippen LogP contribution is -2.45. The lowest BCUT2D eigenvalue weighted by molar-refractivity contribution is -0.122. The van der Waals surface area contributed by atoms with Gasteiger partial charge in [0, 0.05) is 13.0 Å². The summed E-state index contributed by atoms with van der Waals surface area (Å²) in [6.07, 6.45) is 62.6. The molecule has 0 aliphatic carbocycles. The summed E-state index contributed by atoms with van der Waals surface area (Å²) >= 11 is 0. The topological polar surface area (TPSA) is 131 Å². The number of aliphatic hydroxyl groups excluding tert-OH is 1. The van der Waals surface area contributed by atoms with Gasteiger partial charge in [-0.05, 0) is 96.3 Å². The summed E-state index contributed by atoms with van der Waals surface area (Å²) in [7, 11) is -4.38. The van der Waals surface area contributed by atoms with Crippen molar-refractivity contribution in [1.29, 1.82) is 0 Å². The average molecular weight is 825 g/mol. The zero-order valence-electron chi connectivity index (χ0n) is 36.2. The number of aliphatic hydroxyl groups is 1. The smallest absolute Gasteiger partial charge is 0.387 e. The van der Waals surface area contributed by atoms with Crippen molar-refractivity contribution in [3.05, 3.63) is 122 Å². The molecule has 3 atom stereocenters. The van der Waals surface area contributed by atoms with Gasteiger partial charge in [-0.3, -0.25) is 13.8 Å². The number of nitrogens with two attached hydrogens (primary N) is 1. The third kappa shape index (κ3) is 41.1. The highest BCUT2D eigenvalue weighted by Crippen LogP contribution is 2.43. The van der Waals surface area contributed by atoms with E-state index in [9.17, 15) is 19.4 Å². The minimum Gasteiger partial charge on any atom is -0.387 e. The Kier molecular flexibility index (Phi) is 41.2. The van der Waals surface area contributed by atoms with Crippen LogP contribution in [0.25, 0.3) is 0 Å². The van der Waals surface area contributed by atoms with Crippen molar-refractivity contribution < 1.29 is 28.4 Å². The molecule has 0 spiro atoms. The van der Waals surface area contributed by atoms with Crippen molar-refractivity contribution in [3.63, 3.8) is 0 Å². The minimum absolute atomic E-state index is 0.0552. The Morgan fingerprint density at radius 2 is 1.02 bits per heavy atom. The molecular weight excluding hydrogens is 744 g/mol. The van der Waals surface area contributed by atoms with Gasteiger partial charge in [-0.15, -0.1) is 0 Å². The van der Waals surface area contributed by atoms with Crippen LogP contribution < -0.4 is 11.1 Å². The highest BCUT2D eigenvalue weighted by atomic mass is 31.2. The number of rotatable bonds is 39. The Bertz CT molecular complexity index is 1310. The second-order valence-corrected chi connectivity index (χ2v) is 15.6. The highest BCUT2D eigenvalue weighted by molar-refractivity contribution is 7.47. The fraction of sp³-hybridized carbons (Fsp3) is 0.571. The van der Waals surface area contributed by atoms with Gasteiger partial charge in [0.25, 0.3) is 0 Å². The molecule has 0 aromatic carbocycles. The van der Waals surface area contributed by atoms with Crippen LogP contribution in [0.1, 0.15) is 149 Å². The van der Waals surface area contributed by atoms with Crippen LogP contribution in [-0.4, -0.2) is 47.8 Å². The van der Waals surface area contributed by atoms with Crippen molar-refractivity contribution in [2.24, 2.45) is 5.73 Å². The fourth-order valence-corrected chi connectivity index (χ4v) is 6.20. The van der Waals surface area contributed by atoms with Gasteiger partial charge in [-0.1, -0.05) is 167 Å². The molecule has 3 unspecified atom stereocenters. The summed E-state index contributed by atoms with van der Waals surface area (Å²) in [5.41, 5.74) is 5.37. The van der Waals surface area contributed by atoms with E-state index in [-0.39, 0.29) is 25.5 Å². The van der Waals surface area contributed by atoms with Gasteiger partial charge in [-0.2, -0.15) is 0 Å². The minimum atomic E-state index is -4.38. The van der Waals surface area contributed by atoms with Crippen molar-refractivity contribution in [3.8, 4) is 0 Å². The number of carbonyl (C=O) groups excluding carboxylic acids is 1. The summed E-state index contributed by atoms with van der Waals surface area (Å²) in [4.78, 5) is 22.7. The number of phosphoric acid groups is 1. The first kappa shape index (κ1) is 54.9. The fourth-order valence-electron chi connectivity index (χ4n) is 5.44. The first-order valence-electron chi connectivity index (χ1n) is 22.2. The SMILES string of the molecule is CC/C=C\C/C=C\C/C=C\C/C=C\C/C=C\C/C=C\C/C=C\CCCC(=O)NC(COP(=O)(O)OCCN)C(O)/C=C/CC/C=C/CC/C=C/CCCCCCCC. The molecule has 0 bridgehead atoms. The van der Waals surface area contributed by atoms with Gasteiger partial charge < -0.3 is 21.1 Å². The molecule has 0 rings (SSSR count).